The van der Waals surface area contributed by atoms with Crippen molar-refractivity contribution in [3.63, 3.8) is 0 Å². The maximum absolute atomic E-state index is 13.5. The monoisotopic (exact) mass is 482 g/mol. The van der Waals surface area contributed by atoms with Crippen molar-refractivity contribution in [3.05, 3.63) is 86.4 Å². The molecular formula is C25H23FN2O3S2. The predicted octanol–water partition coefficient (Wildman–Crippen LogP) is 4.07. The Kier molecular flexibility index (Phi) is 6.75. The van der Waals surface area contributed by atoms with Gasteiger partial charge >= 0.3 is 0 Å². The van der Waals surface area contributed by atoms with E-state index in [0.717, 1.165) is 45.7 Å². The largest absolute Gasteiger partial charge is 0.299 e. The fourth-order valence-electron chi connectivity index (χ4n) is 4.12. The first-order valence-corrected chi connectivity index (χ1v) is 13.2. The average Bonchev–Trinajstić information content (AvgIpc) is 3.09. The van der Waals surface area contributed by atoms with Crippen LogP contribution in [0.25, 0.3) is 0 Å². The third-order valence-electron chi connectivity index (χ3n) is 5.73. The Balaban J connectivity index is 1.44. The summed E-state index contributed by atoms with van der Waals surface area (Å²) in [7, 11) is -3.28. The minimum Gasteiger partial charge on any atom is -0.299 e. The highest BCUT2D eigenvalue weighted by Gasteiger charge is 2.25. The molecule has 4 rings (SSSR count). The molecule has 0 radical (unpaired) electrons. The number of thiophene rings is 1. The van der Waals surface area contributed by atoms with E-state index in [2.05, 4.69) is 11.0 Å². The van der Waals surface area contributed by atoms with Gasteiger partial charge in [0.15, 0.2) is 9.84 Å². The molecule has 0 atom stereocenters. The molecule has 170 valence electrons. The first-order chi connectivity index (χ1) is 15.7. The molecule has 3 aromatic rings. The second-order valence-electron chi connectivity index (χ2n) is 8.31. The number of benzene rings is 2. The van der Waals surface area contributed by atoms with Crippen molar-refractivity contribution in [1.82, 2.24) is 4.90 Å². The second-order valence-corrected chi connectivity index (χ2v) is 11.5. The SMILES string of the molecule is CS(=O)(=O)c1ccc(CC(=O)Cc2sc3c(c2C#N)CCN(Cc2cccc(F)c2)C3)cc1. The minimum atomic E-state index is -3.28. The van der Waals surface area contributed by atoms with Crippen LogP contribution in [0.5, 0.6) is 0 Å². The van der Waals surface area contributed by atoms with Crippen molar-refractivity contribution in [2.24, 2.45) is 0 Å². The number of carbonyl (C=O) groups excluding carboxylic acids is 1. The van der Waals surface area contributed by atoms with E-state index in [1.165, 1.54) is 35.6 Å². The molecule has 8 heteroatoms. The lowest BCUT2D eigenvalue weighted by molar-refractivity contribution is -0.117. The lowest BCUT2D eigenvalue weighted by Gasteiger charge is -2.26. The van der Waals surface area contributed by atoms with Gasteiger partial charge in [-0.2, -0.15) is 5.26 Å². The van der Waals surface area contributed by atoms with Gasteiger partial charge in [0, 0.05) is 48.5 Å². The van der Waals surface area contributed by atoms with E-state index in [-0.39, 0.29) is 29.3 Å². The number of ketones is 1. The first kappa shape index (κ1) is 23.3. The zero-order valence-electron chi connectivity index (χ0n) is 18.2. The van der Waals surface area contributed by atoms with Crippen molar-refractivity contribution in [1.29, 1.82) is 5.26 Å². The molecule has 0 aliphatic carbocycles. The summed E-state index contributed by atoms with van der Waals surface area (Å²) in [4.78, 5) is 17.0. The van der Waals surface area contributed by atoms with Crippen LogP contribution in [-0.2, 0) is 47.0 Å². The van der Waals surface area contributed by atoms with Gasteiger partial charge in [-0.1, -0.05) is 24.3 Å². The number of carbonyl (C=O) groups is 1. The van der Waals surface area contributed by atoms with E-state index >= 15 is 0 Å². The minimum absolute atomic E-state index is 0.0196. The predicted molar refractivity (Wildman–Crippen MR) is 125 cm³/mol. The zero-order valence-corrected chi connectivity index (χ0v) is 19.8. The van der Waals surface area contributed by atoms with E-state index in [4.69, 9.17) is 0 Å². The number of nitriles is 1. The number of fused-ring (bicyclic) bond motifs is 1. The lowest BCUT2D eigenvalue weighted by atomic mass is 9.99. The molecule has 1 aromatic heterocycles. The van der Waals surface area contributed by atoms with Crippen LogP contribution >= 0.6 is 11.3 Å². The number of hydrogen-bond donors (Lipinski definition) is 0. The zero-order chi connectivity index (χ0) is 23.6. The number of halogens is 1. The van der Waals surface area contributed by atoms with Crippen LogP contribution in [0.15, 0.2) is 53.4 Å². The second kappa shape index (κ2) is 9.56. The van der Waals surface area contributed by atoms with Crippen LogP contribution < -0.4 is 0 Å². The normalized spacial score (nSPS) is 14.0. The molecule has 2 aromatic carbocycles. The summed E-state index contributed by atoms with van der Waals surface area (Å²) in [5, 5.41) is 9.74. The highest BCUT2D eigenvalue weighted by atomic mass is 32.2. The Morgan fingerprint density at radius 2 is 1.91 bits per heavy atom. The Hall–Kier alpha value is -2.86. The molecule has 0 spiro atoms. The quantitative estimate of drug-likeness (QED) is 0.507. The smallest absolute Gasteiger partial charge is 0.175 e. The highest BCUT2D eigenvalue weighted by Crippen LogP contribution is 2.34. The molecule has 0 saturated heterocycles. The van der Waals surface area contributed by atoms with Crippen LogP contribution in [0.3, 0.4) is 0 Å². The number of Topliss-reactive ketones (excluding diaryl/α,β-unsaturated/α-hetero) is 1. The third-order valence-corrected chi connectivity index (χ3v) is 8.07. The standard InChI is InChI=1S/C25H23FN2O3S2/c1-33(30,31)21-7-5-17(6-8-21)12-20(29)13-24-23(14-27)22-9-10-28(16-25(22)32-24)15-18-3-2-4-19(26)11-18/h2-8,11H,9-10,12-13,15-16H2,1H3. The van der Waals surface area contributed by atoms with Crippen LogP contribution in [0.4, 0.5) is 4.39 Å². The number of sulfone groups is 1. The molecule has 33 heavy (non-hydrogen) atoms. The summed E-state index contributed by atoms with van der Waals surface area (Å²) in [6.45, 7) is 2.08. The lowest BCUT2D eigenvalue weighted by Crippen LogP contribution is -2.29. The number of hydrogen-bond acceptors (Lipinski definition) is 6. The molecule has 0 unspecified atom stereocenters. The van der Waals surface area contributed by atoms with Crippen LogP contribution in [0.2, 0.25) is 0 Å². The maximum atomic E-state index is 13.5. The molecule has 5 nitrogen and oxygen atoms in total. The molecule has 1 aliphatic heterocycles. The maximum Gasteiger partial charge on any atom is 0.175 e. The summed E-state index contributed by atoms with van der Waals surface area (Å²) >= 11 is 1.51. The molecule has 0 fully saturated rings. The fourth-order valence-corrected chi connectivity index (χ4v) is 6.13. The van der Waals surface area contributed by atoms with Gasteiger partial charge in [0.25, 0.3) is 0 Å². The number of rotatable bonds is 7. The van der Waals surface area contributed by atoms with Gasteiger partial charge in [-0.3, -0.25) is 9.69 Å². The van der Waals surface area contributed by atoms with Gasteiger partial charge < -0.3 is 0 Å². The molecule has 0 N–H and O–H groups in total. The van der Waals surface area contributed by atoms with E-state index in [1.807, 2.05) is 6.07 Å². The third kappa shape index (κ3) is 5.56. The van der Waals surface area contributed by atoms with Crippen LogP contribution in [-0.4, -0.2) is 31.9 Å². The van der Waals surface area contributed by atoms with Gasteiger partial charge in [0.1, 0.15) is 17.7 Å². The molecule has 0 bridgehead atoms. The van der Waals surface area contributed by atoms with E-state index in [0.29, 0.717) is 18.7 Å². The van der Waals surface area contributed by atoms with E-state index < -0.39 is 9.84 Å². The van der Waals surface area contributed by atoms with Gasteiger partial charge in [0.2, 0.25) is 0 Å². The van der Waals surface area contributed by atoms with E-state index in [1.54, 1.807) is 18.2 Å². The van der Waals surface area contributed by atoms with Crippen molar-refractivity contribution < 1.29 is 17.6 Å². The fraction of sp³-hybridized carbons (Fsp3) is 0.280. The summed E-state index contributed by atoms with van der Waals surface area (Å²) in [5.74, 6) is -0.270. The summed E-state index contributed by atoms with van der Waals surface area (Å²) < 4.78 is 36.7. The summed E-state index contributed by atoms with van der Waals surface area (Å²) in [6, 6.07) is 15.2. The Morgan fingerprint density at radius 3 is 2.58 bits per heavy atom. The van der Waals surface area contributed by atoms with Crippen LogP contribution in [0.1, 0.15) is 32.0 Å². The molecule has 0 amide bonds. The van der Waals surface area contributed by atoms with Gasteiger partial charge in [-0.25, -0.2) is 12.8 Å². The first-order valence-electron chi connectivity index (χ1n) is 10.5. The average molecular weight is 483 g/mol. The Labute approximate surface area is 197 Å². The topological polar surface area (TPSA) is 78.2 Å². The molecular weight excluding hydrogens is 459 g/mol. The Morgan fingerprint density at radius 1 is 1.15 bits per heavy atom. The van der Waals surface area contributed by atoms with Gasteiger partial charge in [-0.15, -0.1) is 11.3 Å². The highest BCUT2D eigenvalue weighted by molar-refractivity contribution is 7.90. The van der Waals surface area contributed by atoms with Crippen LogP contribution in [0, 0.1) is 17.1 Å². The van der Waals surface area contributed by atoms with Crippen molar-refractivity contribution in [2.75, 3.05) is 12.8 Å². The number of nitrogens with zero attached hydrogens (tertiary/aromatic N) is 2. The van der Waals surface area contributed by atoms with Crippen molar-refractivity contribution in [3.8, 4) is 6.07 Å². The Bertz CT molecular complexity index is 1340. The van der Waals surface area contributed by atoms with Crippen molar-refractivity contribution >= 4 is 27.0 Å². The molecule has 0 saturated carbocycles. The summed E-state index contributed by atoms with van der Waals surface area (Å²) in [5.41, 5.74) is 3.29. The van der Waals surface area contributed by atoms with E-state index in [9.17, 15) is 22.9 Å². The molecule has 2 heterocycles. The molecule has 1 aliphatic rings. The summed E-state index contributed by atoms with van der Waals surface area (Å²) in [6.07, 6.45) is 2.24. The van der Waals surface area contributed by atoms with Gasteiger partial charge in [0.05, 0.1) is 10.5 Å². The van der Waals surface area contributed by atoms with Gasteiger partial charge in [-0.05, 0) is 47.4 Å². The van der Waals surface area contributed by atoms with Crippen molar-refractivity contribution in [2.45, 2.75) is 37.2 Å².